The van der Waals surface area contributed by atoms with Crippen LogP contribution in [0.15, 0.2) is 46.6 Å². The number of fused-ring (bicyclic) bond motifs is 1. The molecule has 0 aliphatic carbocycles. The zero-order valence-electron chi connectivity index (χ0n) is 17.8. The maximum Gasteiger partial charge on any atom is 0.302 e. The highest BCUT2D eigenvalue weighted by Gasteiger charge is 2.19. The number of hydrogen-bond donors (Lipinski definition) is 1. The van der Waals surface area contributed by atoms with Gasteiger partial charge in [0.15, 0.2) is 12.3 Å². The van der Waals surface area contributed by atoms with Gasteiger partial charge in [0, 0.05) is 16.5 Å². The van der Waals surface area contributed by atoms with E-state index in [-0.39, 0.29) is 30.1 Å². The minimum Gasteiger partial charge on any atom is -0.493 e. The Morgan fingerprint density at radius 1 is 1.17 bits per heavy atom. The zero-order valence-corrected chi connectivity index (χ0v) is 18.6. The van der Waals surface area contributed by atoms with Crippen molar-refractivity contribution in [3.8, 4) is 11.6 Å². The van der Waals surface area contributed by atoms with Crippen LogP contribution in [0.3, 0.4) is 0 Å². The molecule has 0 saturated carbocycles. The molecule has 3 aromatic rings. The van der Waals surface area contributed by atoms with Gasteiger partial charge < -0.3 is 14.4 Å². The molecule has 1 amide bonds. The summed E-state index contributed by atoms with van der Waals surface area (Å²) in [6.45, 7) is 9.76. The first kappa shape index (κ1) is 21.8. The van der Waals surface area contributed by atoms with Crippen molar-refractivity contribution in [2.24, 2.45) is 10.2 Å². The summed E-state index contributed by atoms with van der Waals surface area (Å²) in [5.41, 5.74) is 3.06. The molecular formula is C23H26ClN3O3. The maximum absolute atomic E-state index is 12.3. The molecule has 1 heterocycles. The van der Waals surface area contributed by atoms with Gasteiger partial charge in [-0.15, -0.1) is 10.2 Å². The number of benzene rings is 2. The van der Waals surface area contributed by atoms with Crippen LogP contribution in [-0.4, -0.2) is 22.2 Å². The fraction of sp³-hybridized carbons (Fsp3) is 0.348. The van der Waals surface area contributed by atoms with Crippen LogP contribution >= 0.6 is 11.6 Å². The van der Waals surface area contributed by atoms with Crippen LogP contribution in [0.1, 0.15) is 50.8 Å². The molecule has 0 aliphatic heterocycles. The average Bonchev–Trinajstić information content (AvgIpc) is 2.95. The van der Waals surface area contributed by atoms with Crippen LogP contribution in [-0.2, 0) is 4.79 Å². The topological polar surface area (TPSA) is 76.2 Å². The summed E-state index contributed by atoms with van der Waals surface area (Å²) in [6, 6.07) is 11.2. The van der Waals surface area contributed by atoms with E-state index in [1.54, 1.807) is 16.7 Å². The molecule has 3 rings (SSSR count). The summed E-state index contributed by atoms with van der Waals surface area (Å²) in [5.74, 6) is 0.333. The number of carbonyl (C=O) groups is 1. The molecule has 0 aliphatic rings. The van der Waals surface area contributed by atoms with E-state index in [0.717, 1.165) is 16.6 Å². The van der Waals surface area contributed by atoms with Gasteiger partial charge in [-0.1, -0.05) is 37.6 Å². The zero-order chi connectivity index (χ0) is 22.0. The molecule has 0 atom stereocenters. The Morgan fingerprint density at radius 2 is 1.90 bits per heavy atom. The molecule has 30 heavy (non-hydrogen) atoms. The number of amides is 1. The van der Waals surface area contributed by atoms with Crippen LogP contribution in [0, 0.1) is 6.92 Å². The first-order valence-corrected chi connectivity index (χ1v) is 10.3. The van der Waals surface area contributed by atoms with Gasteiger partial charge in [-0.3, -0.25) is 4.79 Å². The standard InChI is InChI=1S/C23H26ClN3O3/c1-13(2)17-8-6-15(5)10-20(17)30-12-21(28)25-26-22-18-11-16(24)7-9-19(18)27(14(3)4)23(22)29/h6-11,13-14,29H,12H2,1-5H3. The Balaban J connectivity index is 1.84. The molecular weight excluding hydrogens is 402 g/mol. The molecule has 6 nitrogen and oxygen atoms in total. The second-order valence-corrected chi connectivity index (χ2v) is 8.31. The SMILES string of the molecule is Cc1ccc(C(C)C)c(OCC(=O)N=Nc2c(O)n(C(C)C)c3ccc(Cl)cc23)c1. The predicted molar refractivity (Wildman–Crippen MR) is 119 cm³/mol. The van der Waals surface area contributed by atoms with E-state index in [1.807, 2.05) is 45.0 Å². The Bertz CT molecular complexity index is 1120. The summed E-state index contributed by atoms with van der Waals surface area (Å²) >= 11 is 6.12. The molecule has 0 saturated heterocycles. The molecule has 7 heteroatoms. The Labute approximate surface area is 181 Å². The highest BCUT2D eigenvalue weighted by molar-refractivity contribution is 6.31. The van der Waals surface area contributed by atoms with Crippen LogP contribution in [0.25, 0.3) is 10.9 Å². The van der Waals surface area contributed by atoms with Crippen molar-refractivity contribution in [3.05, 3.63) is 52.5 Å². The van der Waals surface area contributed by atoms with Gasteiger partial charge in [-0.25, -0.2) is 0 Å². The van der Waals surface area contributed by atoms with Crippen molar-refractivity contribution in [2.45, 2.75) is 46.6 Å². The summed E-state index contributed by atoms with van der Waals surface area (Å²) in [4.78, 5) is 12.3. The Kier molecular flexibility index (Phi) is 6.46. The maximum atomic E-state index is 12.3. The molecule has 158 valence electrons. The van der Waals surface area contributed by atoms with Gasteiger partial charge in [-0.05, 0) is 62.1 Å². The first-order valence-electron chi connectivity index (χ1n) is 9.89. The number of halogens is 1. The second kappa shape index (κ2) is 8.88. The summed E-state index contributed by atoms with van der Waals surface area (Å²) < 4.78 is 7.44. The fourth-order valence-electron chi connectivity index (χ4n) is 3.40. The minimum absolute atomic E-state index is 0.00700. The van der Waals surface area contributed by atoms with E-state index in [2.05, 4.69) is 24.1 Å². The molecule has 0 radical (unpaired) electrons. The normalized spacial score (nSPS) is 11.9. The van der Waals surface area contributed by atoms with E-state index in [1.165, 1.54) is 0 Å². The van der Waals surface area contributed by atoms with E-state index in [0.29, 0.717) is 16.2 Å². The molecule has 0 unspecified atom stereocenters. The van der Waals surface area contributed by atoms with Crippen molar-refractivity contribution in [1.29, 1.82) is 0 Å². The first-order chi connectivity index (χ1) is 14.2. The van der Waals surface area contributed by atoms with Crippen LogP contribution < -0.4 is 4.74 Å². The molecule has 1 N–H and O–H groups in total. The molecule has 2 aromatic carbocycles. The summed E-state index contributed by atoms with van der Waals surface area (Å²) in [7, 11) is 0. The number of aryl methyl sites for hydroxylation is 1. The number of rotatable bonds is 6. The quantitative estimate of drug-likeness (QED) is 0.444. The van der Waals surface area contributed by atoms with Crippen molar-refractivity contribution in [2.75, 3.05) is 6.61 Å². The lowest BCUT2D eigenvalue weighted by Crippen LogP contribution is -2.09. The fourth-order valence-corrected chi connectivity index (χ4v) is 3.57. The predicted octanol–water partition coefficient (Wildman–Crippen LogP) is 6.70. The number of nitrogens with zero attached hydrogens (tertiary/aromatic N) is 3. The van der Waals surface area contributed by atoms with E-state index >= 15 is 0 Å². The number of azo groups is 1. The van der Waals surface area contributed by atoms with Crippen LogP contribution in [0.5, 0.6) is 11.6 Å². The van der Waals surface area contributed by atoms with Gasteiger partial charge in [0.25, 0.3) is 0 Å². The van der Waals surface area contributed by atoms with Crippen molar-refractivity contribution < 1.29 is 14.6 Å². The van der Waals surface area contributed by atoms with E-state index in [4.69, 9.17) is 16.3 Å². The number of aromatic nitrogens is 1. The van der Waals surface area contributed by atoms with Gasteiger partial charge in [0.05, 0.1) is 5.52 Å². The third-order valence-corrected chi connectivity index (χ3v) is 5.07. The summed E-state index contributed by atoms with van der Waals surface area (Å²) in [5, 5.41) is 19.6. The van der Waals surface area contributed by atoms with Crippen LogP contribution in [0.4, 0.5) is 5.69 Å². The lowest BCUT2D eigenvalue weighted by atomic mass is 10.0. The molecule has 0 spiro atoms. The minimum atomic E-state index is -0.543. The Hall–Kier alpha value is -2.86. The van der Waals surface area contributed by atoms with Gasteiger partial charge >= 0.3 is 5.91 Å². The van der Waals surface area contributed by atoms with Crippen LogP contribution in [0.2, 0.25) is 5.02 Å². The van der Waals surface area contributed by atoms with E-state index < -0.39 is 5.91 Å². The van der Waals surface area contributed by atoms with Gasteiger partial charge in [0.2, 0.25) is 5.88 Å². The third-order valence-electron chi connectivity index (χ3n) is 4.83. The van der Waals surface area contributed by atoms with E-state index in [9.17, 15) is 9.90 Å². The smallest absolute Gasteiger partial charge is 0.302 e. The largest absolute Gasteiger partial charge is 0.493 e. The lowest BCUT2D eigenvalue weighted by molar-refractivity contribution is -0.120. The molecule has 1 aromatic heterocycles. The monoisotopic (exact) mass is 427 g/mol. The highest BCUT2D eigenvalue weighted by Crippen LogP contribution is 2.41. The lowest BCUT2D eigenvalue weighted by Gasteiger charge is -2.13. The number of carbonyl (C=O) groups excluding carboxylic acids is 1. The molecule has 0 fully saturated rings. The highest BCUT2D eigenvalue weighted by atomic mass is 35.5. The van der Waals surface area contributed by atoms with Crippen molar-refractivity contribution >= 4 is 34.1 Å². The number of aromatic hydroxyl groups is 1. The second-order valence-electron chi connectivity index (χ2n) is 7.88. The van der Waals surface area contributed by atoms with Crippen molar-refractivity contribution in [3.63, 3.8) is 0 Å². The van der Waals surface area contributed by atoms with Crippen molar-refractivity contribution in [1.82, 2.24) is 4.57 Å². The van der Waals surface area contributed by atoms with Gasteiger partial charge in [-0.2, -0.15) is 0 Å². The number of hydrogen-bond acceptors (Lipinski definition) is 4. The average molecular weight is 428 g/mol. The molecule has 0 bridgehead atoms. The van der Waals surface area contributed by atoms with Gasteiger partial charge in [0.1, 0.15) is 5.75 Å². The summed E-state index contributed by atoms with van der Waals surface area (Å²) in [6.07, 6.45) is 0. The third kappa shape index (κ3) is 4.49. The Morgan fingerprint density at radius 3 is 2.57 bits per heavy atom. The number of ether oxygens (including phenoxy) is 1.